The topological polar surface area (TPSA) is 49.4 Å². The van der Waals surface area contributed by atoms with Gasteiger partial charge in [0.1, 0.15) is 5.82 Å². The highest BCUT2D eigenvalue weighted by Crippen LogP contribution is 2.19. The van der Waals surface area contributed by atoms with Crippen molar-refractivity contribution in [1.29, 1.82) is 0 Å². The van der Waals surface area contributed by atoms with Crippen LogP contribution < -0.4 is 5.32 Å². The van der Waals surface area contributed by atoms with Crippen molar-refractivity contribution in [3.8, 4) is 0 Å². The molecule has 0 unspecified atom stereocenters. The van der Waals surface area contributed by atoms with E-state index in [1.54, 1.807) is 12.1 Å². The Morgan fingerprint density at radius 2 is 2.04 bits per heavy atom. The van der Waals surface area contributed by atoms with Gasteiger partial charge in [-0.15, -0.1) is 0 Å². The van der Waals surface area contributed by atoms with Crippen molar-refractivity contribution in [2.75, 3.05) is 18.1 Å². The summed E-state index contributed by atoms with van der Waals surface area (Å²) in [5.74, 6) is 0.503. The van der Waals surface area contributed by atoms with Crippen molar-refractivity contribution in [1.82, 2.24) is 10.2 Å². The molecule has 0 amide bonds. The Balaban J connectivity index is 2.00. The Labute approximate surface area is 143 Å². The van der Waals surface area contributed by atoms with E-state index >= 15 is 0 Å². The van der Waals surface area contributed by atoms with E-state index in [4.69, 9.17) is 12.2 Å². The molecule has 0 saturated carbocycles. The number of halogens is 1. The first-order chi connectivity index (χ1) is 10.8. The second kappa shape index (κ2) is 7.57. The molecular weight excluding hydrogens is 335 g/mol. The zero-order chi connectivity index (χ0) is 17.0. The minimum absolute atomic E-state index is 0.0596. The summed E-state index contributed by atoms with van der Waals surface area (Å²) in [6, 6.07) is 6.18. The summed E-state index contributed by atoms with van der Waals surface area (Å²) >= 11 is 5.48. The van der Waals surface area contributed by atoms with Crippen molar-refractivity contribution in [2.45, 2.75) is 32.9 Å². The zero-order valence-electron chi connectivity index (χ0n) is 13.5. The van der Waals surface area contributed by atoms with E-state index < -0.39 is 9.84 Å². The lowest BCUT2D eigenvalue weighted by molar-refractivity contribution is 0.295. The fraction of sp³-hybridized carbons (Fsp3) is 0.562. The van der Waals surface area contributed by atoms with E-state index in [9.17, 15) is 12.8 Å². The summed E-state index contributed by atoms with van der Waals surface area (Å²) in [6.07, 6.45) is 0.618. The van der Waals surface area contributed by atoms with Crippen LogP contribution in [0.1, 0.15) is 25.8 Å². The number of rotatable bonds is 5. The third kappa shape index (κ3) is 5.42. The van der Waals surface area contributed by atoms with E-state index in [2.05, 4.69) is 19.2 Å². The first-order valence-electron chi connectivity index (χ1n) is 7.76. The van der Waals surface area contributed by atoms with Crippen LogP contribution in [-0.4, -0.2) is 42.5 Å². The van der Waals surface area contributed by atoms with Crippen LogP contribution in [0.15, 0.2) is 24.3 Å². The van der Waals surface area contributed by atoms with Gasteiger partial charge in [-0.1, -0.05) is 26.0 Å². The summed E-state index contributed by atoms with van der Waals surface area (Å²) in [7, 11) is -2.95. The monoisotopic (exact) mass is 358 g/mol. The van der Waals surface area contributed by atoms with E-state index in [-0.39, 0.29) is 23.4 Å². The molecule has 128 valence electrons. The van der Waals surface area contributed by atoms with Gasteiger partial charge in [0.05, 0.1) is 11.5 Å². The first-order valence-corrected chi connectivity index (χ1v) is 9.99. The Morgan fingerprint density at radius 1 is 1.39 bits per heavy atom. The summed E-state index contributed by atoms with van der Waals surface area (Å²) in [5.41, 5.74) is 0.928. The molecular formula is C16H23FN2O2S2. The maximum atomic E-state index is 12.9. The molecule has 1 aliphatic rings. The minimum atomic E-state index is -2.95. The fourth-order valence-corrected chi connectivity index (χ4v) is 4.72. The smallest absolute Gasteiger partial charge is 0.169 e. The van der Waals surface area contributed by atoms with Crippen LogP contribution in [-0.2, 0) is 16.4 Å². The van der Waals surface area contributed by atoms with Gasteiger partial charge in [0, 0.05) is 19.1 Å². The third-order valence-corrected chi connectivity index (χ3v) is 5.96. The number of thiocarbonyl (C=S) groups is 1. The fourth-order valence-electron chi connectivity index (χ4n) is 2.69. The van der Waals surface area contributed by atoms with Crippen molar-refractivity contribution < 1.29 is 12.8 Å². The molecule has 1 atom stereocenters. The average Bonchev–Trinajstić information content (AvgIpc) is 2.83. The number of hydrogen-bond donors (Lipinski definition) is 1. The van der Waals surface area contributed by atoms with Gasteiger partial charge in [0.25, 0.3) is 0 Å². The molecule has 1 fully saturated rings. The second-order valence-corrected chi connectivity index (χ2v) is 9.00. The largest absolute Gasteiger partial charge is 0.358 e. The molecule has 4 nitrogen and oxygen atoms in total. The highest BCUT2D eigenvalue weighted by Gasteiger charge is 2.33. The van der Waals surface area contributed by atoms with Gasteiger partial charge >= 0.3 is 0 Å². The predicted molar refractivity (Wildman–Crippen MR) is 94.4 cm³/mol. The normalized spacial score (nSPS) is 19.7. The van der Waals surface area contributed by atoms with Gasteiger partial charge in [-0.2, -0.15) is 0 Å². The number of sulfone groups is 1. The molecule has 0 bridgehead atoms. The average molecular weight is 359 g/mol. The summed E-state index contributed by atoms with van der Waals surface area (Å²) < 4.78 is 36.4. The van der Waals surface area contributed by atoms with Gasteiger partial charge in [0.15, 0.2) is 14.9 Å². The number of nitrogens with one attached hydrogen (secondary N) is 1. The van der Waals surface area contributed by atoms with Crippen LogP contribution in [0, 0.1) is 11.7 Å². The SMILES string of the molecule is CC(C)CN(C(=S)NCc1ccc(F)cc1)[C@H]1CCS(=O)(=O)C1. The predicted octanol–water partition coefficient (Wildman–Crippen LogP) is 2.35. The van der Waals surface area contributed by atoms with Crippen molar-refractivity contribution in [2.24, 2.45) is 5.92 Å². The van der Waals surface area contributed by atoms with Gasteiger partial charge < -0.3 is 10.2 Å². The third-order valence-electron chi connectivity index (χ3n) is 3.83. The number of benzene rings is 1. The molecule has 7 heteroatoms. The lowest BCUT2D eigenvalue weighted by Gasteiger charge is -2.32. The number of nitrogens with zero attached hydrogens (tertiary/aromatic N) is 1. The zero-order valence-corrected chi connectivity index (χ0v) is 15.1. The van der Waals surface area contributed by atoms with Crippen LogP contribution in [0.2, 0.25) is 0 Å². The molecule has 0 aliphatic carbocycles. The van der Waals surface area contributed by atoms with Crippen LogP contribution in [0.3, 0.4) is 0 Å². The Hall–Kier alpha value is -1.21. The van der Waals surface area contributed by atoms with E-state index in [0.29, 0.717) is 24.0 Å². The Bertz CT molecular complexity index is 645. The minimum Gasteiger partial charge on any atom is -0.358 e. The van der Waals surface area contributed by atoms with Crippen molar-refractivity contribution in [3.63, 3.8) is 0 Å². The summed E-state index contributed by atoms with van der Waals surface area (Å²) in [4.78, 5) is 1.99. The van der Waals surface area contributed by atoms with E-state index in [0.717, 1.165) is 12.1 Å². The van der Waals surface area contributed by atoms with Gasteiger partial charge in [0.2, 0.25) is 0 Å². The van der Waals surface area contributed by atoms with Crippen LogP contribution in [0.4, 0.5) is 4.39 Å². The van der Waals surface area contributed by atoms with E-state index in [1.165, 1.54) is 12.1 Å². The van der Waals surface area contributed by atoms with E-state index in [1.807, 2.05) is 4.90 Å². The molecule has 1 aromatic rings. The summed E-state index contributed by atoms with van der Waals surface area (Å²) in [5, 5.41) is 3.73. The van der Waals surface area contributed by atoms with Gasteiger partial charge in [-0.3, -0.25) is 0 Å². The summed E-state index contributed by atoms with van der Waals surface area (Å²) in [6.45, 7) is 5.38. The van der Waals surface area contributed by atoms with Crippen LogP contribution >= 0.6 is 12.2 Å². The maximum Gasteiger partial charge on any atom is 0.169 e. The lowest BCUT2D eigenvalue weighted by Crippen LogP contribution is -2.48. The van der Waals surface area contributed by atoms with Gasteiger partial charge in [-0.05, 0) is 42.3 Å². The molecule has 0 spiro atoms. The molecule has 1 heterocycles. The Kier molecular flexibility index (Phi) is 5.97. The molecule has 23 heavy (non-hydrogen) atoms. The molecule has 2 rings (SSSR count). The first kappa shape index (κ1) is 18.1. The maximum absolute atomic E-state index is 12.9. The standard InChI is InChI=1S/C16H23FN2O2S2/c1-12(2)10-19(15-7-8-23(20,21)11-15)16(22)18-9-13-3-5-14(17)6-4-13/h3-6,12,15H,7-11H2,1-2H3,(H,18,22)/t15-/m0/s1. The van der Waals surface area contributed by atoms with Gasteiger partial charge in [-0.25, -0.2) is 12.8 Å². The van der Waals surface area contributed by atoms with Crippen LogP contribution in [0.5, 0.6) is 0 Å². The molecule has 0 aromatic heterocycles. The molecule has 0 radical (unpaired) electrons. The molecule has 1 aliphatic heterocycles. The Morgan fingerprint density at radius 3 is 2.57 bits per heavy atom. The second-order valence-electron chi connectivity index (χ2n) is 6.39. The molecule has 1 saturated heterocycles. The lowest BCUT2D eigenvalue weighted by atomic mass is 10.1. The number of hydrogen-bond acceptors (Lipinski definition) is 3. The van der Waals surface area contributed by atoms with Crippen molar-refractivity contribution in [3.05, 3.63) is 35.6 Å². The highest BCUT2D eigenvalue weighted by atomic mass is 32.2. The quantitative estimate of drug-likeness (QED) is 0.819. The highest BCUT2D eigenvalue weighted by molar-refractivity contribution is 7.91. The van der Waals surface area contributed by atoms with Crippen molar-refractivity contribution >= 4 is 27.2 Å². The molecule has 1 aromatic carbocycles. The molecule has 1 N–H and O–H groups in total. The van der Waals surface area contributed by atoms with Crippen LogP contribution in [0.25, 0.3) is 0 Å².